The first kappa shape index (κ1) is 30.1. The van der Waals surface area contributed by atoms with Crippen LogP contribution in [-0.2, 0) is 20.7 Å². The van der Waals surface area contributed by atoms with Crippen LogP contribution >= 0.6 is 0 Å². The van der Waals surface area contributed by atoms with Crippen molar-refractivity contribution >= 4 is 18.0 Å². The van der Waals surface area contributed by atoms with Crippen LogP contribution in [0.1, 0.15) is 93.6 Å². The lowest BCUT2D eigenvalue weighted by Gasteiger charge is -2.14. The number of ether oxygens (including phenoxy) is 3. The van der Waals surface area contributed by atoms with E-state index in [1.165, 1.54) is 19.3 Å². The molecule has 1 atom stereocenters. The van der Waals surface area contributed by atoms with Gasteiger partial charge in [-0.05, 0) is 69.2 Å². The summed E-state index contributed by atoms with van der Waals surface area (Å²) in [6, 6.07) is 15.8. The molecule has 0 radical (unpaired) electrons. The number of benzene rings is 2. The van der Waals surface area contributed by atoms with E-state index in [1.54, 1.807) is 6.92 Å². The fourth-order valence-corrected chi connectivity index (χ4v) is 4.17. The minimum absolute atomic E-state index is 0.130. The SMILES string of the molecule is CCCCCCOc1ccccc1/C=C/C(CCCCC(=O)OCC)Cc1ccc(C(=O)OCC)cc1. The van der Waals surface area contributed by atoms with Gasteiger partial charge in [0.1, 0.15) is 5.75 Å². The van der Waals surface area contributed by atoms with E-state index in [2.05, 4.69) is 25.1 Å². The Bertz CT molecular complexity index is 948. The van der Waals surface area contributed by atoms with Crippen LogP contribution in [0.2, 0.25) is 0 Å². The average molecular weight is 509 g/mol. The van der Waals surface area contributed by atoms with Gasteiger partial charge in [-0.3, -0.25) is 4.79 Å². The van der Waals surface area contributed by atoms with Crippen LogP contribution in [0.25, 0.3) is 6.08 Å². The average Bonchev–Trinajstić information content (AvgIpc) is 2.90. The molecule has 0 aliphatic rings. The molecule has 5 heteroatoms. The Balaban J connectivity index is 2.06. The van der Waals surface area contributed by atoms with Crippen molar-refractivity contribution in [2.45, 2.75) is 78.6 Å². The van der Waals surface area contributed by atoms with Gasteiger partial charge in [-0.2, -0.15) is 0 Å². The zero-order valence-electron chi connectivity index (χ0n) is 22.9. The zero-order chi connectivity index (χ0) is 26.7. The van der Waals surface area contributed by atoms with Gasteiger partial charge in [0, 0.05) is 12.0 Å². The number of carbonyl (C=O) groups excluding carboxylic acids is 2. The van der Waals surface area contributed by atoms with E-state index < -0.39 is 0 Å². The second-order valence-electron chi connectivity index (χ2n) is 9.24. The van der Waals surface area contributed by atoms with E-state index in [0.29, 0.717) is 25.2 Å². The maximum atomic E-state index is 12.0. The second kappa shape index (κ2) is 18.2. The van der Waals surface area contributed by atoms with Gasteiger partial charge in [0.05, 0.1) is 25.4 Å². The van der Waals surface area contributed by atoms with Gasteiger partial charge in [0.15, 0.2) is 0 Å². The van der Waals surface area contributed by atoms with Crippen molar-refractivity contribution in [3.8, 4) is 5.75 Å². The molecule has 37 heavy (non-hydrogen) atoms. The van der Waals surface area contributed by atoms with Gasteiger partial charge in [-0.1, -0.05) is 75.1 Å². The lowest BCUT2D eigenvalue weighted by atomic mass is 9.92. The normalized spacial score (nSPS) is 11.9. The third kappa shape index (κ3) is 12.1. The van der Waals surface area contributed by atoms with Crippen LogP contribution in [0.3, 0.4) is 0 Å². The number of esters is 2. The van der Waals surface area contributed by atoms with Crippen LogP contribution in [-0.4, -0.2) is 31.8 Å². The highest BCUT2D eigenvalue weighted by Gasteiger charge is 2.11. The minimum Gasteiger partial charge on any atom is -0.493 e. The third-order valence-corrected chi connectivity index (χ3v) is 6.20. The largest absolute Gasteiger partial charge is 0.493 e. The van der Waals surface area contributed by atoms with E-state index in [9.17, 15) is 9.59 Å². The van der Waals surface area contributed by atoms with Gasteiger partial charge in [0.25, 0.3) is 0 Å². The Morgan fingerprint density at radius 2 is 1.59 bits per heavy atom. The molecule has 0 fully saturated rings. The van der Waals surface area contributed by atoms with Crippen LogP contribution in [0.4, 0.5) is 0 Å². The van der Waals surface area contributed by atoms with Crippen LogP contribution in [0.15, 0.2) is 54.6 Å². The molecule has 2 aromatic rings. The quantitative estimate of drug-likeness (QED) is 0.152. The molecule has 0 amide bonds. The fourth-order valence-electron chi connectivity index (χ4n) is 4.17. The maximum absolute atomic E-state index is 12.0. The smallest absolute Gasteiger partial charge is 0.338 e. The van der Waals surface area contributed by atoms with E-state index in [4.69, 9.17) is 14.2 Å². The highest BCUT2D eigenvalue weighted by Crippen LogP contribution is 2.24. The van der Waals surface area contributed by atoms with Gasteiger partial charge < -0.3 is 14.2 Å². The summed E-state index contributed by atoms with van der Waals surface area (Å²) in [4.78, 5) is 23.7. The van der Waals surface area contributed by atoms with Crippen molar-refractivity contribution in [1.82, 2.24) is 0 Å². The van der Waals surface area contributed by atoms with Crippen LogP contribution in [0, 0.1) is 5.92 Å². The van der Waals surface area contributed by atoms with Crippen molar-refractivity contribution in [3.63, 3.8) is 0 Å². The van der Waals surface area contributed by atoms with Crippen molar-refractivity contribution < 1.29 is 23.8 Å². The van der Waals surface area contributed by atoms with Gasteiger partial charge in [-0.15, -0.1) is 0 Å². The lowest BCUT2D eigenvalue weighted by molar-refractivity contribution is -0.143. The number of carbonyl (C=O) groups is 2. The lowest BCUT2D eigenvalue weighted by Crippen LogP contribution is -2.06. The summed E-state index contributed by atoms with van der Waals surface area (Å²) in [6.45, 7) is 7.37. The molecule has 2 aromatic carbocycles. The van der Waals surface area contributed by atoms with Gasteiger partial charge in [0.2, 0.25) is 0 Å². The van der Waals surface area contributed by atoms with Gasteiger partial charge in [-0.25, -0.2) is 4.79 Å². The Kier molecular flexibility index (Phi) is 14.8. The number of para-hydroxylation sites is 1. The summed E-state index contributed by atoms with van der Waals surface area (Å²) in [5.41, 5.74) is 2.80. The molecule has 0 spiro atoms. The molecule has 0 aliphatic carbocycles. The summed E-state index contributed by atoms with van der Waals surface area (Å²) in [6.07, 6.45) is 13.1. The van der Waals surface area contributed by atoms with E-state index in [-0.39, 0.29) is 17.9 Å². The molecular formula is C32H44O5. The van der Waals surface area contributed by atoms with Crippen molar-refractivity contribution in [2.75, 3.05) is 19.8 Å². The van der Waals surface area contributed by atoms with Crippen molar-refractivity contribution in [2.24, 2.45) is 5.92 Å². The first-order chi connectivity index (χ1) is 18.1. The minimum atomic E-state index is -0.296. The molecule has 0 saturated heterocycles. The summed E-state index contributed by atoms with van der Waals surface area (Å²) < 4.78 is 16.2. The summed E-state index contributed by atoms with van der Waals surface area (Å²) in [7, 11) is 0. The van der Waals surface area contributed by atoms with Gasteiger partial charge >= 0.3 is 11.9 Å². The third-order valence-electron chi connectivity index (χ3n) is 6.20. The zero-order valence-corrected chi connectivity index (χ0v) is 22.9. The molecule has 5 nitrogen and oxygen atoms in total. The summed E-state index contributed by atoms with van der Waals surface area (Å²) in [5, 5.41) is 0. The number of hydrogen-bond acceptors (Lipinski definition) is 5. The predicted octanol–water partition coefficient (Wildman–Crippen LogP) is 7.82. The Morgan fingerprint density at radius 3 is 2.32 bits per heavy atom. The molecule has 0 aliphatic heterocycles. The molecule has 0 heterocycles. The number of unbranched alkanes of at least 4 members (excludes halogenated alkanes) is 4. The van der Waals surface area contributed by atoms with Crippen molar-refractivity contribution in [1.29, 1.82) is 0 Å². The number of allylic oxidation sites excluding steroid dienone is 1. The molecule has 0 N–H and O–H groups in total. The number of rotatable bonds is 18. The molecule has 1 unspecified atom stereocenters. The highest BCUT2D eigenvalue weighted by atomic mass is 16.5. The summed E-state index contributed by atoms with van der Waals surface area (Å²) in [5.74, 6) is 0.772. The molecule has 202 valence electrons. The predicted molar refractivity (Wildman–Crippen MR) is 150 cm³/mol. The molecular weight excluding hydrogens is 464 g/mol. The Hall–Kier alpha value is -3.08. The molecule has 0 bridgehead atoms. The first-order valence-electron chi connectivity index (χ1n) is 13.9. The second-order valence-corrected chi connectivity index (χ2v) is 9.24. The summed E-state index contributed by atoms with van der Waals surface area (Å²) >= 11 is 0. The fraction of sp³-hybridized carbons (Fsp3) is 0.500. The molecule has 2 rings (SSSR count). The standard InChI is InChI=1S/C32H44O5/c1-4-7-8-13-24-37-30-16-11-10-15-28(30)21-18-26(14-9-12-17-31(33)35-5-2)25-27-19-22-29(23-20-27)32(34)36-6-3/h10-11,15-16,18-23,26H,4-9,12-14,17,24-25H2,1-3H3/b21-18+. The van der Waals surface area contributed by atoms with E-state index in [0.717, 1.165) is 55.6 Å². The van der Waals surface area contributed by atoms with E-state index >= 15 is 0 Å². The highest BCUT2D eigenvalue weighted by molar-refractivity contribution is 5.89. The Labute approximate surface area is 223 Å². The van der Waals surface area contributed by atoms with E-state index in [1.807, 2.05) is 49.4 Å². The number of hydrogen-bond donors (Lipinski definition) is 0. The monoisotopic (exact) mass is 508 g/mol. The van der Waals surface area contributed by atoms with Crippen molar-refractivity contribution in [3.05, 3.63) is 71.3 Å². The molecule has 0 saturated carbocycles. The maximum Gasteiger partial charge on any atom is 0.338 e. The molecule has 0 aromatic heterocycles. The first-order valence-corrected chi connectivity index (χ1v) is 13.9. The van der Waals surface area contributed by atoms with Crippen LogP contribution < -0.4 is 4.74 Å². The van der Waals surface area contributed by atoms with Crippen LogP contribution in [0.5, 0.6) is 5.75 Å². The Morgan fingerprint density at radius 1 is 0.838 bits per heavy atom. The topological polar surface area (TPSA) is 61.8 Å².